The lowest BCUT2D eigenvalue weighted by molar-refractivity contribution is -0.275. The number of carbonyl (C=O) groups is 10. The van der Waals surface area contributed by atoms with Gasteiger partial charge in [0.1, 0.15) is 103 Å². The maximum absolute atomic E-state index is 16.8. The third-order valence-electron chi connectivity index (χ3n) is 25.0. The smallest absolute Gasteiger partial charge is 0.407 e. The van der Waals surface area contributed by atoms with Crippen molar-refractivity contribution < 1.29 is 122 Å². The Morgan fingerprint density at radius 3 is 1.83 bits per heavy atom. The fourth-order valence-electron chi connectivity index (χ4n) is 18.9. The summed E-state index contributed by atoms with van der Waals surface area (Å²) in [6, 6.07) is 8.77. The number of aliphatic hydroxyl groups is 4. The van der Waals surface area contributed by atoms with Gasteiger partial charge in [0.05, 0.1) is 34.1 Å². The zero-order valence-corrected chi connectivity index (χ0v) is 72.2. The van der Waals surface area contributed by atoms with Crippen LogP contribution in [0.25, 0.3) is 11.1 Å². The number of halogens is 2. The molecule has 6 aromatic rings. The normalized spacial score (nSPS) is 26.9. The summed E-state index contributed by atoms with van der Waals surface area (Å²) in [6.07, 6.45) is -11.9. The molecular weight excluding hydrogens is 1690 g/mol. The number of phenolic OH excluding ortho intramolecular Hbond substituents is 3. The molecule has 15 bridgehead atoms. The minimum atomic E-state index is -2.25. The molecule has 0 radical (unpaired) electrons. The van der Waals surface area contributed by atoms with Gasteiger partial charge in [0, 0.05) is 80.6 Å². The van der Waals surface area contributed by atoms with Gasteiger partial charge in [-0.05, 0) is 184 Å². The first-order valence-electron chi connectivity index (χ1n) is 42.8. The number of rotatable bonds is 25. The van der Waals surface area contributed by atoms with Crippen LogP contribution >= 0.6 is 23.2 Å². The summed E-state index contributed by atoms with van der Waals surface area (Å²) in [4.78, 5) is 153. The monoisotopic (exact) mass is 1800 g/mol. The van der Waals surface area contributed by atoms with Crippen molar-refractivity contribution in [3.8, 4) is 74.4 Å². The van der Waals surface area contributed by atoms with Gasteiger partial charge in [-0.2, -0.15) is 0 Å². The van der Waals surface area contributed by atoms with Crippen LogP contribution in [-0.2, 0) is 47.8 Å². The Balaban J connectivity index is 0.931. The molecule has 4 saturated carbocycles. The molecule has 127 heavy (non-hydrogen) atoms. The maximum Gasteiger partial charge on any atom is 0.407 e. The van der Waals surface area contributed by atoms with E-state index in [0.717, 1.165) is 62.4 Å². The highest BCUT2D eigenvalue weighted by molar-refractivity contribution is 6.32. The minimum absolute atomic E-state index is 0.00866. The Morgan fingerprint density at radius 2 is 1.23 bits per heavy atom. The van der Waals surface area contributed by atoms with E-state index in [1.54, 1.807) is 28.1 Å². The average Bonchev–Trinajstić information content (AvgIpc) is 0.754. The molecule has 680 valence electrons. The summed E-state index contributed by atoms with van der Waals surface area (Å²) in [7, 11) is 5.16. The third-order valence-corrected chi connectivity index (χ3v) is 25.6. The molecule has 7 heterocycles. The van der Waals surface area contributed by atoms with Crippen LogP contribution in [0.4, 0.5) is 15.3 Å². The SMILES string of the molecule is CC[C@H](CC(C)C)C(=O)N[C@H]1C(=O)C[C@@H](CC(=O)NC(=O)Nc2cc(OCCNC)c(OCCNC)c(OCCNC)c2)C(=O)N[C@H]2C(=O)C[C@H]3C(=O)N[C@H](C(=O)N[C@H](C(=O)CC4C5CC6CC(C5)CC4C6)c4cc(O)cc(O)c4-c4cc3ccc4O)[C@H](O)c3ccc(c(Cl)c3)Oc3cc2cc(c3O[C@@H]2O[C@@H]3CNC(=O)O[C@H]3[C@H](O)[C@H]2O)Oc2ccc(cc2Cl)[C@H]1O. The van der Waals surface area contributed by atoms with E-state index in [4.69, 9.17) is 61.1 Å². The van der Waals surface area contributed by atoms with Crippen LogP contribution in [-0.4, -0.2) is 205 Å². The van der Waals surface area contributed by atoms with E-state index in [9.17, 15) is 50.1 Å². The van der Waals surface area contributed by atoms with Gasteiger partial charge in [-0.1, -0.05) is 62.2 Å². The van der Waals surface area contributed by atoms with Crippen LogP contribution in [0.1, 0.15) is 149 Å². The molecule has 11 aliphatic rings. The molecule has 6 aromatic carbocycles. The first-order valence-corrected chi connectivity index (χ1v) is 43.5. The molecule has 6 fully saturated rings. The number of aromatic hydroxyl groups is 3. The summed E-state index contributed by atoms with van der Waals surface area (Å²) < 4.78 is 50.0. The van der Waals surface area contributed by atoms with Gasteiger partial charge in [0.25, 0.3) is 0 Å². The zero-order valence-electron chi connectivity index (χ0n) is 70.7. The standard InChI is InChI=1S/C90H106Cl2N10O25/c1-7-43(20-40(2)3)84(114)101-75-61(106)29-50(32-71(109)98-89(118)97-51-33-66(120-17-14-93-4)81(122-19-16-95-6)67(34-51)121-18-15-94-5)85(115)99-73-49-30-68(123-64-12-9-45(77(75)110)27-57(64)91)82(126-88-80(113)79(112)83-70(125-88)39-96-90(119)127-83)69(31-49)124-65-13-10-46(28-58(65)92)78(111)76-87(117)100-74(63(108)37-53-47-22-41-21-42(24-47)25-48(53)23-41)56-35-52(103)36-60(105)72(56)55-26-44(8-11-59(55)104)54(38-62(73)107)86(116)102-76/h8-13,26-28,30-31,33-36,40-43,47-48,50,53-54,70,73-80,83,88,93-95,103-105,110-113H,7,14-25,29,32,37-39H2,1-6H3,(H,96,119)(H,99,115)(H,100,117)(H,101,114)(H,102,116)(H2,97,98,109,118)/t41?,42?,43-,47?,48?,50+,53?,54-,70-,73-,74+,75+,76+,77-,78-,79-,80-,83-,88+/m1/s1. The molecule has 0 aromatic heterocycles. The Kier molecular flexibility index (Phi) is 29.0. The predicted octanol–water partition coefficient (Wildman–Crippen LogP) is 7.64. The second-order valence-corrected chi connectivity index (χ2v) is 35.0. The Labute approximate surface area is 741 Å². The number of nitrogens with one attached hydrogen (secondary N) is 10. The lowest BCUT2D eigenvalue weighted by Gasteiger charge is -2.54. The molecule has 0 unspecified atom stereocenters. The number of likely N-dealkylation sites (N-methyl/N-ethyl adjacent to an activating group) is 3. The van der Waals surface area contributed by atoms with E-state index in [1.807, 2.05) is 13.8 Å². The fourth-order valence-corrected chi connectivity index (χ4v) is 19.3. The summed E-state index contributed by atoms with van der Waals surface area (Å²) >= 11 is 14.5. The van der Waals surface area contributed by atoms with E-state index < -0.39 is 198 Å². The van der Waals surface area contributed by atoms with Crippen molar-refractivity contribution in [1.29, 1.82) is 0 Å². The Hall–Kier alpha value is -11.1. The summed E-state index contributed by atoms with van der Waals surface area (Å²) in [5.74, 6) is -15.8. The summed E-state index contributed by atoms with van der Waals surface area (Å²) in [5, 5.41) is 112. The Morgan fingerprint density at radius 1 is 0.614 bits per heavy atom. The molecule has 8 amide bonds. The van der Waals surface area contributed by atoms with E-state index in [2.05, 4.69) is 53.2 Å². The molecule has 37 heteroatoms. The first-order chi connectivity index (χ1) is 60.8. The highest BCUT2D eigenvalue weighted by Gasteiger charge is 2.53. The van der Waals surface area contributed by atoms with Gasteiger partial charge in [0.15, 0.2) is 46.5 Å². The van der Waals surface area contributed by atoms with Gasteiger partial charge < -0.3 is 121 Å². The number of alkyl carbamates (subject to hydrolysis) is 1. The summed E-state index contributed by atoms with van der Waals surface area (Å²) in [6.45, 7) is 6.74. The number of benzene rings is 6. The second-order valence-electron chi connectivity index (χ2n) is 34.2. The van der Waals surface area contributed by atoms with Crippen molar-refractivity contribution in [1.82, 2.24) is 47.9 Å². The van der Waals surface area contributed by atoms with E-state index in [0.29, 0.717) is 37.9 Å². The van der Waals surface area contributed by atoms with Gasteiger partial charge in [-0.25, -0.2) is 9.59 Å². The van der Waals surface area contributed by atoms with E-state index in [1.165, 1.54) is 60.7 Å². The number of hydrogen-bond donors (Lipinski definition) is 17. The molecule has 17 rings (SSSR count). The van der Waals surface area contributed by atoms with Crippen molar-refractivity contribution in [2.45, 2.75) is 164 Å². The number of urea groups is 1. The van der Waals surface area contributed by atoms with Crippen molar-refractivity contribution in [3.63, 3.8) is 0 Å². The van der Waals surface area contributed by atoms with Crippen LogP contribution < -0.4 is 81.6 Å². The first kappa shape index (κ1) is 92.1. The maximum atomic E-state index is 16.8. The number of ether oxygens (including phenoxy) is 8. The Bertz CT molecular complexity index is 5130. The molecule has 4 aliphatic carbocycles. The van der Waals surface area contributed by atoms with Gasteiger partial charge in [-0.15, -0.1) is 0 Å². The number of hydrogen-bond acceptors (Lipinski definition) is 28. The van der Waals surface area contributed by atoms with Crippen molar-refractivity contribution in [2.24, 2.45) is 47.3 Å². The van der Waals surface area contributed by atoms with E-state index >= 15 is 33.6 Å². The quantitative estimate of drug-likeness (QED) is 0.0245. The topological polar surface area (TPSA) is 506 Å². The zero-order chi connectivity index (χ0) is 90.5. The van der Waals surface area contributed by atoms with Gasteiger partial charge in [-0.3, -0.25) is 43.7 Å². The van der Waals surface area contributed by atoms with Crippen LogP contribution in [0, 0.1) is 47.3 Å². The number of amides is 8. The van der Waals surface area contributed by atoms with Crippen LogP contribution in [0.15, 0.2) is 91.0 Å². The van der Waals surface area contributed by atoms with Crippen LogP contribution in [0.2, 0.25) is 10.0 Å². The highest BCUT2D eigenvalue weighted by Crippen LogP contribution is 2.59. The van der Waals surface area contributed by atoms with Crippen molar-refractivity contribution in [2.75, 3.05) is 72.5 Å². The largest absolute Gasteiger partial charge is 0.508 e. The second kappa shape index (κ2) is 40.0. The predicted molar refractivity (Wildman–Crippen MR) is 457 cm³/mol. The third kappa shape index (κ3) is 20.7. The lowest BCUT2D eigenvalue weighted by Crippen LogP contribution is -2.65. The van der Waals surface area contributed by atoms with Crippen LogP contribution in [0.3, 0.4) is 0 Å². The molecular formula is C90H106Cl2N10O25. The number of imide groups is 1. The number of fused-ring (bicyclic) bond motifs is 16. The van der Waals surface area contributed by atoms with Crippen molar-refractivity contribution in [3.05, 3.63) is 129 Å². The molecule has 17 N–H and O–H groups in total. The fraction of sp³-hybridized carbons (Fsp3) is 0.489. The van der Waals surface area contributed by atoms with Gasteiger partial charge in [0.2, 0.25) is 47.3 Å². The number of Topliss-reactive ketones (excluding diaryl/α,β-unsaturated/α-hetero) is 3. The molecule has 14 atom stereocenters. The molecule has 0 spiro atoms. The number of anilines is 1. The van der Waals surface area contributed by atoms with E-state index in [-0.39, 0.29) is 146 Å². The average molecular weight is 1800 g/mol. The highest BCUT2D eigenvalue weighted by atomic mass is 35.5. The summed E-state index contributed by atoms with van der Waals surface area (Å²) in [5.41, 5.74) is -1.63. The lowest BCUT2D eigenvalue weighted by atomic mass is 9.51. The number of phenols is 3. The minimum Gasteiger partial charge on any atom is -0.508 e. The number of aliphatic hydroxyl groups excluding tert-OH is 4. The van der Waals surface area contributed by atoms with Crippen LogP contribution in [0.5, 0.6) is 63.2 Å². The number of carbonyl (C=O) groups excluding carboxylic acids is 10. The number of ketones is 3. The van der Waals surface area contributed by atoms with Crippen molar-refractivity contribution >= 4 is 87.9 Å². The van der Waals surface area contributed by atoms with Gasteiger partial charge >= 0.3 is 12.1 Å². The molecule has 7 aliphatic heterocycles. The molecule has 2 saturated heterocycles. The molecule has 35 nitrogen and oxygen atoms in total.